The third-order valence-electron chi connectivity index (χ3n) is 3.55. The predicted molar refractivity (Wildman–Crippen MR) is 86.8 cm³/mol. The van der Waals surface area contributed by atoms with Crippen LogP contribution in [-0.4, -0.2) is 28.1 Å². The minimum Gasteiger partial charge on any atom is -0.493 e. The van der Waals surface area contributed by atoms with Gasteiger partial charge in [-0.15, -0.1) is 11.3 Å². The van der Waals surface area contributed by atoms with E-state index in [9.17, 15) is 13.2 Å². The summed E-state index contributed by atoms with van der Waals surface area (Å²) >= 11 is 1.14. The van der Waals surface area contributed by atoms with E-state index >= 15 is 0 Å². The van der Waals surface area contributed by atoms with Crippen LogP contribution in [0.3, 0.4) is 0 Å². The number of rotatable bonds is 4. The van der Waals surface area contributed by atoms with E-state index in [1.807, 2.05) is 0 Å². The largest absolute Gasteiger partial charge is 0.493 e. The first kappa shape index (κ1) is 15.8. The summed E-state index contributed by atoms with van der Waals surface area (Å²) in [6, 6.07) is 4.74. The van der Waals surface area contributed by atoms with Crippen LogP contribution in [0.15, 0.2) is 28.5 Å². The molecule has 8 heteroatoms. The van der Waals surface area contributed by atoms with Crippen molar-refractivity contribution in [3.63, 3.8) is 0 Å². The molecule has 122 valence electrons. The summed E-state index contributed by atoms with van der Waals surface area (Å²) in [4.78, 5) is 12.1. The lowest BCUT2D eigenvalue weighted by atomic mass is 10.2. The van der Waals surface area contributed by atoms with E-state index in [4.69, 9.17) is 9.47 Å². The molecule has 1 aromatic carbocycles. The van der Waals surface area contributed by atoms with E-state index in [2.05, 4.69) is 4.72 Å². The fraction of sp³-hybridized carbons (Fsp3) is 0.267. The summed E-state index contributed by atoms with van der Waals surface area (Å²) in [7, 11) is -2.54. The number of anilines is 1. The van der Waals surface area contributed by atoms with Crippen LogP contribution in [0.2, 0.25) is 0 Å². The number of esters is 1. The molecule has 3 rings (SSSR count). The van der Waals surface area contributed by atoms with Crippen molar-refractivity contribution in [2.24, 2.45) is 0 Å². The standard InChI is InChI=1S/C15H15NO5S2/c1-9-8-22-14(15(17)20-2)13(9)16-23(18,19)11-3-4-12-10(7-11)5-6-21-12/h3-4,7-8,16H,5-6H2,1-2H3. The lowest BCUT2D eigenvalue weighted by molar-refractivity contribution is 0.0607. The van der Waals surface area contributed by atoms with Gasteiger partial charge < -0.3 is 9.47 Å². The molecule has 1 aliphatic heterocycles. The minimum atomic E-state index is -3.80. The lowest BCUT2D eigenvalue weighted by Crippen LogP contribution is -2.15. The fourth-order valence-electron chi connectivity index (χ4n) is 2.34. The normalized spacial score (nSPS) is 13.3. The van der Waals surface area contributed by atoms with Crippen molar-refractivity contribution in [2.45, 2.75) is 18.2 Å². The average Bonchev–Trinajstić information content (AvgIpc) is 3.13. The van der Waals surface area contributed by atoms with Crippen molar-refractivity contribution in [3.8, 4) is 5.75 Å². The number of hydrogen-bond donors (Lipinski definition) is 1. The van der Waals surface area contributed by atoms with Gasteiger partial charge >= 0.3 is 5.97 Å². The third-order valence-corrected chi connectivity index (χ3v) is 5.98. The van der Waals surface area contributed by atoms with Crippen LogP contribution in [0.1, 0.15) is 20.8 Å². The lowest BCUT2D eigenvalue weighted by Gasteiger charge is -2.10. The molecule has 0 atom stereocenters. The number of hydrogen-bond acceptors (Lipinski definition) is 6. The second kappa shape index (κ2) is 5.86. The highest BCUT2D eigenvalue weighted by Crippen LogP contribution is 2.32. The van der Waals surface area contributed by atoms with Gasteiger partial charge in [0.05, 0.1) is 24.3 Å². The number of carbonyl (C=O) groups excluding carboxylic acids is 1. The number of thiophene rings is 1. The Morgan fingerprint density at radius 2 is 2.17 bits per heavy atom. The zero-order valence-corrected chi connectivity index (χ0v) is 14.2. The molecule has 1 aliphatic rings. The number of methoxy groups -OCH3 is 1. The molecule has 0 spiro atoms. The summed E-state index contributed by atoms with van der Waals surface area (Å²) in [6.07, 6.45) is 0.684. The fourth-order valence-corrected chi connectivity index (χ4v) is 4.52. The molecule has 0 radical (unpaired) electrons. The van der Waals surface area contributed by atoms with Crippen LogP contribution in [0.5, 0.6) is 5.75 Å². The molecule has 6 nitrogen and oxygen atoms in total. The molecule has 0 amide bonds. The summed E-state index contributed by atoms with van der Waals surface area (Å²) < 4.78 is 37.8. The summed E-state index contributed by atoms with van der Waals surface area (Å²) in [5, 5.41) is 1.71. The van der Waals surface area contributed by atoms with Crippen molar-refractivity contribution in [2.75, 3.05) is 18.4 Å². The van der Waals surface area contributed by atoms with E-state index < -0.39 is 16.0 Å². The van der Waals surface area contributed by atoms with Crippen molar-refractivity contribution in [1.29, 1.82) is 0 Å². The smallest absolute Gasteiger partial charge is 0.350 e. The Morgan fingerprint density at radius 1 is 1.39 bits per heavy atom. The topological polar surface area (TPSA) is 81.7 Å². The van der Waals surface area contributed by atoms with Gasteiger partial charge in [-0.2, -0.15) is 0 Å². The monoisotopic (exact) mass is 353 g/mol. The van der Waals surface area contributed by atoms with Gasteiger partial charge in [-0.05, 0) is 41.6 Å². The third kappa shape index (κ3) is 2.91. The Labute approximate surface area is 138 Å². The second-order valence-corrected chi connectivity index (χ2v) is 7.65. The molecule has 0 saturated carbocycles. The van der Waals surface area contributed by atoms with Crippen LogP contribution < -0.4 is 9.46 Å². The van der Waals surface area contributed by atoms with Gasteiger partial charge in [-0.1, -0.05) is 0 Å². The number of sulfonamides is 1. The molecule has 0 bridgehead atoms. The van der Waals surface area contributed by atoms with Crippen molar-refractivity contribution < 1.29 is 22.7 Å². The Kier molecular flexibility index (Phi) is 4.03. The van der Waals surface area contributed by atoms with Gasteiger partial charge in [0.15, 0.2) is 0 Å². The highest BCUT2D eigenvalue weighted by Gasteiger charge is 2.24. The van der Waals surface area contributed by atoms with Crippen LogP contribution >= 0.6 is 11.3 Å². The van der Waals surface area contributed by atoms with E-state index in [0.29, 0.717) is 24.3 Å². The van der Waals surface area contributed by atoms with Gasteiger partial charge in [-0.3, -0.25) is 4.72 Å². The number of aryl methyl sites for hydroxylation is 1. The molecule has 0 saturated heterocycles. The van der Waals surface area contributed by atoms with Gasteiger partial charge in [-0.25, -0.2) is 13.2 Å². The van der Waals surface area contributed by atoms with Crippen molar-refractivity contribution in [3.05, 3.63) is 39.6 Å². The molecule has 1 aromatic heterocycles. The molecular formula is C15H15NO5S2. The van der Waals surface area contributed by atoms with Crippen LogP contribution in [0.4, 0.5) is 5.69 Å². The molecule has 23 heavy (non-hydrogen) atoms. The van der Waals surface area contributed by atoms with Crippen molar-refractivity contribution >= 4 is 33.0 Å². The maximum atomic E-state index is 12.6. The molecule has 1 N–H and O–H groups in total. The Bertz CT molecular complexity index is 870. The first-order valence-electron chi connectivity index (χ1n) is 6.87. The minimum absolute atomic E-state index is 0.142. The summed E-state index contributed by atoms with van der Waals surface area (Å²) in [6.45, 7) is 2.29. The summed E-state index contributed by atoms with van der Waals surface area (Å²) in [5.41, 5.74) is 1.80. The Hall–Kier alpha value is -2.06. The molecular weight excluding hydrogens is 338 g/mol. The van der Waals surface area contributed by atoms with Crippen LogP contribution in [-0.2, 0) is 21.2 Å². The zero-order chi connectivity index (χ0) is 16.6. The number of benzene rings is 1. The quantitative estimate of drug-likeness (QED) is 0.855. The van der Waals surface area contributed by atoms with E-state index in [0.717, 1.165) is 16.9 Å². The van der Waals surface area contributed by atoms with Crippen molar-refractivity contribution in [1.82, 2.24) is 0 Å². The highest BCUT2D eigenvalue weighted by molar-refractivity contribution is 7.92. The number of fused-ring (bicyclic) bond motifs is 1. The summed E-state index contributed by atoms with van der Waals surface area (Å²) in [5.74, 6) is 0.147. The predicted octanol–water partition coefficient (Wildman–Crippen LogP) is 2.58. The highest BCUT2D eigenvalue weighted by atomic mass is 32.2. The first-order chi connectivity index (χ1) is 10.9. The maximum absolute atomic E-state index is 12.6. The van der Waals surface area contributed by atoms with Gasteiger partial charge in [0.25, 0.3) is 10.0 Å². The van der Waals surface area contributed by atoms with E-state index in [-0.39, 0.29) is 15.5 Å². The molecule has 2 aromatic rings. The Balaban J connectivity index is 1.96. The SMILES string of the molecule is COC(=O)c1scc(C)c1NS(=O)(=O)c1ccc2c(c1)CCO2. The maximum Gasteiger partial charge on any atom is 0.350 e. The van der Waals surface area contributed by atoms with Gasteiger partial charge in [0, 0.05) is 6.42 Å². The zero-order valence-electron chi connectivity index (χ0n) is 12.6. The second-order valence-electron chi connectivity index (χ2n) is 5.09. The number of nitrogens with one attached hydrogen (secondary N) is 1. The van der Waals surface area contributed by atoms with Gasteiger partial charge in [0.2, 0.25) is 0 Å². The Morgan fingerprint density at radius 3 is 2.91 bits per heavy atom. The van der Waals surface area contributed by atoms with Crippen LogP contribution in [0, 0.1) is 6.92 Å². The first-order valence-corrected chi connectivity index (χ1v) is 9.23. The van der Waals surface area contributed by atoms with Crippen LogP contribution in [0.25, 0.3) is 0 Å². The number of ether oxygens (including phenoxy) is 2. The molecule has 0 unspecified atom stereocenters. The molecule has 0 fully saturated rings. The van der Waals surface area contributed by atoms with E-state index in [1.54, 1.807) is 24.4 Å². The average molecular weight is 353 g/mol. The molecule has 0 aliphatic carbocycles. The molecule has 2 heterocycles. The number of carbonyl (C=O) groups is 1. The van der Waals surface area contributed by atoms with E-state index in [1.165, 1.54) is 13.2 Å². The van der Waals surface area contributed by atoms with Gasteiger partial charge in [0.1, 0.15) is 10.6 Å².